The van der Waals surface area contributed by atoms with Crippen molar-refractivity contribution in [3.05, 3.63) is 0 Å². The molecule has 0 aromatic carbocycles. The van der Waals surface area contributed by atoms with E-state index >= 15 is 0 Å². The molecule has 0 amide bonds. The third kappa shape index (κ3) is 2.61. The maximum absolute atomic E-state index is 5.34. The fourth-order valence-electron chi connectivity index (χ4n) is 1.51. The van der Waals surface area contributed by atoms with Crippen LogP contribution in [0, 0.1) is 9.85 Å². The van der Waals surface area contributed by atoms with Gasteiger partial charge in [-0.25, -0.2) is 0 Å². The fraction of sp³-hybridized carbons (Fsp3) is 0.778. The van der Waals surface area contributed by atoms with Crippen LogP contribution in [-0.2, 0) is 4.74 Å². The van der Waals surface area contributed by atoms with Crippen molar-refractivity contribution in [3.63, 3.8) is 0 Å². The van der Waals surface area contributed by atoms with Crippen LogP contribution in [0.2, 0.25) is 0 Å². The van der Waals surface area contributed by atoms with Crippen LogP contribution in [0.25, 0.3) is 0 Å². The molecule has 0 atom stereocenters. The average Bonchev–Trinajstić information content (AvgIpc) is 2.16. The molecule has 0 aliphatic carbocycles. The summed E-state index contributed by atoms with van der Waals surface area (Å²) >= 11 is 2.10. The van der Waals surface area contributed by atoms with E-state index in [1.54, 1.807) is 0 Å². The van der Waals surface area contributed by atoms with Gasteiger partial charge in [0.25, 0.3) is 0 Å². The maximum atomic E-state index is 5.34. The number of nitrogens with zero attached hydrogens (tertiary/aromatic N) is 1. The van der Waals surface area contributed by atoms with E-state index in [0.717, 1.165) is 37.3 Å². The Kier molecular flexibility index (Phi) is 4.33. The predicted molar refractivity (Wildman–Crippen MR) is 58.0 cm³/mol. The van der Waals surface area contributed by atoms with E-state index in [-0.39, 0.29) is 0 Å². The second kappa shape index (κ2) is 5.05. The Labute approximate surface area is 88.0 Å². The molecule has 1 rings (SSSR count). The highest BCUT2D eigenvalue weighted by atomic mass is 127. The number of morpholine rings is 1. The minimum absolute atomic E-state index is 0.900. The van der Waals surface area contributed by atoms with E-state index < -0.39 is 0 Å². The second-order valence-electron chi connectivity index (χ2n) is 3.15. The van der Waals surface area contributed by atoms with Gasteiger partial charge >= 0.3 is 0 Å². The van der Waals surface area contributed by atoms with Crippen LogP contribution in [0.3, 0.4) is 0 Å². The van der Waals surface area contributed by atoms with Gasteiger partial charge in [0.1, 0.15) is 19.6 Å². The highest BCUT2D eigenvalue weighted by molar-refractivity contribution is 14.1. The largest absolute Gasteiger partial charge is 0.370 e. The van der Waals surface area contributed by atoms with Crippen molar-refractivity contribution >= 4 is 22.6 Å². The normalized spacial score (nSPS) is 21.2. The molecule has 2 nitrogen and oxygen atoms in total. The third-order valence-corrected chi connectivity index (χ3v) is 2.95. The zero-order valence-corrected chi connectivity index (χ0v) is 9.63. The number of rotatable bonds is 2. The van der Waals surface area contributed by atoms with Crippen molar-refractivity contribution in [2.75, 3.05) is 39.4 Å². The van der Waals surface area contributed by atoms with Gasteiger partial charge in [-0.1, -0.05) is 0 Å². The molecule has 0 spiro atoms. The quantitative estimate of drug-likeness (QED) is 0.420. The van der Waals surface area contributed by atoms with Crippen molar-refractivity contribution in [3.8, 4) is 9.85 Å². The summed E-state index contributed by atoms with van der Waals surface area (Å²) < 4.78 is 9.40. The second-order valence-corrected chi connectivity index (χ2v) is 3.69. The van der Waals surface area contributed by atoms with E-state index in [2.05, 4.69) is 39.4 Å². The molecule has 1 heterocycles. The number of halogens is 1. The van der Waals surface area contributed by atoms with Crippen LogP contribution in [-0.4, -0.2) is 43.9 Å². The first-order valence-electron chi connectivity index (χ1n) is 4.34. The summed E-state index contributed by atoms with van der Waals surface area (Å²) in [5.41, 5.74) is 0. The highest BCUT2D eigenvalue weighted by Crippen LogP contribution is 2.09. The molecule has 1 aliphatic rings. The van der Waals surface area contributed by atoms with Crippen molar-refractivity contribution < 1.29 is 9.22 Å². The van der Waals surface area contributed by atoms with Gasteiger partial charge < -0.3 is 9.22 Å². The Morgan fingerprint density at radius 1 is 1.42 bits per heavy atom. The van der Waals surface area contributed by atoms with Crippen LogP contribution in [0.15, 0.2) is 0 Å². The van der Waals surface area contributed by atoms with Crippen molar-refractivity contribution in [2.45, 2.75) is 6.92 Å². The lowest BCUT2D eigenvalue weighted by molar-refractivity contribution is -0.927. The molecule has 3 heteroatoms. The monoisotopic (exact) mass is 280 g/mol. The van der Waals surface area contributed by atoms with Crippen LogP contribution < -0.4 is 0 Å². The van der Waals surface area contributed by atoms with Gasteiger partial charge in [-0.15, -0.1) is 0 Å². The Balaban J connectivity index is 2.51. The van der Waals surface area contributed by atoms with Crippen LogP contribution in [0.5, 0.6) is 0 Å². The molecule has 0 saturated carbocycles. The highest BCUT2D eigenvalue weighted by Gasteiger charge is 2.26. The Hall–Kier alpha value is 0.210. The number of quaternary nitrogens is 1. The lowest BCUT2D eigenvalue weighted by Crippen LogP contribution is -2.55. The summed E-state index contributed by atoms with van der Waals surface area (Å²) in [4.78, 5) is 0. The summed E-state index contributed by atoms with van der Waals surface area (Å²) in [7, 11) is 0. The molecule has 0 bridgehead atoms. The molecular weight excluding hydrogens is 265 g/mol. The summed E-state index contributed by atoms with van der Waals surface area (Å²) in [6, 6.07) is 0. The molecule has 0 aromatic heterocycles. The maximum Gasteiger partial charge on any atom is 0.141 e. The van der Waals surface area contributed by atoms with E-state index in [0.29, 0.717) is 0 Å². The molecule has 1 saturated heterocycles. The van der Waals surface area contributed by atoms with E-state index in [9.17, 15) is 0 Å². The van der Waals surface area contributed by atoms with Crippen molar-refractivity contribution in [1.82, 2.24) is 0 Å². The molecule has 1 fully saturated rings. The van der Waals surface area contributed by atoms with Gasteiger partial charge in [0.2, 0.25) is 0 Å². The molecule has 12 heavy (non-hydrogen) atoms. The zero-order valence-electron chi connectivity index (χ0n) is 7.48. The summed E-state index contributed by atoms with van der Waals surface area (Å²) in [5.74, 6) is 3.16. The van der Waals surface area contributed by atoms with Crippen LogP contribution >= 0.6 is 22.6 Å². The van der Waals surface area contributed by atoms with Gasteiger partial charge in [0, 0.05) is 22.6 Å². The molecular formula is C9H15INO+. The summed E-state index contributed by atoms with van der Waals surface area (Å²) in [6.45, 7) is 8.45. The number of ether oxygens (including phenoxy) is 1. The Bertz CT molecular complexity index is 188. The van der Waals surface area contributed by atoms with Gasteiger partial charge in [-0.05, 0) is 16.8 Å². The minimum atomic E-state index is 0.900. The predicted octanol–water partition coefficient (Wildman–Crippen LogP) is 1.25. The zero-order chi connectivity index (χ0) is 8.86. The Morgan fingerprint density at radius 2 is 2.08 bits per heavy atom. The Morgan fingerprint density at radius 3 is 2.58 bits per heavy atom. The van der Waals surface area contributed by atoms with Gasteiger partial charge in [-0.3, -0.25) is 0 Å². The number of likely N-dealkylation sites (N-methyl/N-ethyl adjacent to an activating group) is 1. The van der Waals surface area contributed by atoms with E-state index in [4.69, 9.17) is 4.74 Å². The summed E-state index contributed by atoms with van der Waals surface area (Å²) in [6.07, 6.45) is 0. The van der Waals surface area contributed by atoms with Crippen LogP contribution in [0.4, 0.5) is 0 Å². The van der Waals surface area contributed by atoms with Gasteiger partial charge in [0.15, 0.2) is 0 Å². The molecule has 0 N–H and O–H groups in total. The molecule has 1 aliphatic heterocycles. The fourth-order valence-corrected chi connectivity index (χ4v) is 1.68. The van der Waals surface area contributed by atoms with Crippen molar-refractivity contribution in [2.24, 2.45) is 0 Å². The molecule has 0 radical (unpaired) electrons. The minimum Gasteiger partial charge on any atom is -0.370 e. The van der Waals surface area contributed by atoms with E-state index in [1.807, 2.05) is 0 Å². The first kappa shape index (κ1) is 10.3. The topological polar surface area (TPSA) is 9.23 Å². The van der Waals surface area contributed by atoms with Gasteiger partial charge in [0.05, 0.1) is 19.8 Å². The summed E-state index contributed by atoms with van der Waals surface area (Å²) in [5, 5.41) is 0. The standard InChI is InChI=1S/C9H15INO/c1-2-11(5-3-4-10)6-8-12-9-7-11/h2,5-9H2,1H3/q+1. The van der Waals surface area contributed by atoms with Crippen molar-refractivity contribution in [1.29, 1.82) is 0 Å². The third-order valence-electron chi connectivity index (χ3n) is 2.57. The lowest BCUT2D eigenvalue weighted by atomic mass is 10.3. The van der Waals surface area contributed by atoms with E-state index in [1.165, 1.54) is 6.54 Å². The first-order chi connectivity index (χ1) is 5.83. The molecule has 0 aromatic rings. The van der Waals surface area contributed by atoms with Crippen LogP contribution in [0.1, 0.15) is 6.92 Å². The lowest BCUT2D eigenvalue weighted by Gasteiger charge is -2.38. The van der Waals surface area contributed by atoms with Gasteiger partial charge in [-0.2, -0.15) is 0 Å². The SMILES string of the molecule is CC[N+]1(CC#CI)CCOCC1. The molecule has 68 valence electrons. The number of hydrogen-bond donors (Lipinski definition) is 0. The first-order valence-corrected chi connectivity index (χ1v) is 5.42. The average molecular weight is 280 g/mol. The number of hydrogen-bond acceptors (Lipinski definition) is 1. The molecule has 0 unspecified atom stereocenters. The smallest absolute Gasteiger partial charge is 0.141 e.